The van der Waals surface area contributed by atoms with Crippen LogP contribution in [0.3, 0.4) is 0 Å². The molecule has 44 heavy (non-hydrogen) atoms. The summed E-state index contributed by atoms with van der Waals surface area (Å²) in [7, 11) is 1.87. The number of thiazole rings is 1. The molecular formula is C31H47F3N6O3S. The zero-order valence-corrected chi connectivity index (χ0v) is 27.4. The van der Waals surface area contributed by atoms with Gasteiger partial charge >= 0.3 is 6.18 Å². The van der Waals surface area contributed by atoms with Crippen molar-refractivity contribution in [3.05, 3.63) is 52.9 Å². The average molecular weight is 641 g/mol. The Labute approximate surface area is 262 Å². The van der Waals surface area contributed by atoms with E-state index in [2.05, 4.69) is 22.4 Å². The lowest BCUT2D eigenvalue weighted by atomic mass is 9.87. The first-order valence-corrected chi connectivity index (χ1v) is 15.6. The number of aliphatic hydroxyl groups excluding tert-OH is 1. The molecule has 1 unspecified atom stereocenters. The van der Waals surface area contributed by atoms with E-state index in [0.29, 0.717) is 25.8 Å². The minimum atomic E-state index is -4.38. The van der Waals surface area contributed by atoms with E-state index in [1.807, 2.05) is 50.4 Å². The predicted molar refractivity (Wildman–Crippen MR) is 168 cm³/mol. The van der Waals surface area contributed by atoms with E-state index < -0.39 is 29.2 Å². The van der Waals surface area contributed by atoms with Gasteiger partial charge in [-0.05, 0) is 49.8 Å². The molecule has 0 bridgehead atoms. The summed E-state index contributed by atoms with van der Waals surface area (Å²) < 4.78 is 38.6. The first-order valence-electron chi connectivity index (χ1n) is 14.7. The molecule has 4 rings (SSSR count). The molecule has 13 heteroatoms. The molecule has 1 aliphatic heterocycles. The smallest absolute Gasteiger partial charge is 0.399 e. The van der Waals surface area contributed by atoms with Crippen LogP contribution in [0.5, 0.6) is 0 Å². The third-order valence-electron chi connectivity index (χ3n) is 7.73. The number of nitrogens with one attached hydrogen (secondary N) is 1. The van der Waals surface area contributed by atoms with Gasteiger partial charge in [0.15, 0.2) is 0 Å². The number of aliphatic hydroxyl groups is 1. The van der Waals surface area contributed by atoms with Crippen LogP contribution in [0.25, 0.3) is 10.4 Å². The van der Waals surface area contributed by atoms with E-state index in [4.69, 9.17) is 11.6 Å². The monoisotopic (exact) mass is 640 g/mol. The minimum Gasteiger partial charge on any atom is -0.400 e. The van der Waals surface area contributed by atoms with Crippen LogP contribution in [0.2, 0.25) is 0 Å². The lowest BCUT2D eigenvalue weighted by Gasteiger charge is -2.33. The van der Waals surface area contributed by atoms with Crippen molar-refractivity contribution in [3.63, 3.8) is 0 Å². The van der Waals surface area contributed by atoms with Gasteiger partial charge in [0.25, 0.3) is 0 Å². The van der Waals surface area contributed by atoms with Gasteiger partial charge in [-0.25, -0.2) is 10.8 Å². The molecule has 2 aliphatic rings. The second-order valence-corrected chi connectivity index (χ2v) is 12.9. The quantitative estimate of drug-likeness (QED) is 0.184. The third-order valence-corrected chi connectivity index (χ3v) is 8.71. The molecule has 1 aromatic heterocycles. The van der Waals surface area contributed by atoms with E-state index in [-0.39, 0.29) is 30.5 Å². The Balaban J connectivity index is 0.000000296. The number of alkyl halides is 3. The molecule has 1 aliphatic carbocycles. The summed E-state index contributed by atoms with van der Waals surface area (Å²) in [6.45, 7) is 12.4. The van der Waals surface area contributed by atoms with Crippen LogP contribution in [-0.4, -0.2) is 70.1 Å². The van der Waals surface area contributed by atoms with Crippen molar-refractivity contribution in [1.82, 2.24) is 20.2 Å². The maximum atomic E-state index is 12.9. The van der Waals surface area contributed by atoms with Gasteiger partial charge < -0.3 is 26.0 Å². The number of benzene rings is 1. The zero-order chi connectivity index (χ0) is 33.5. The van der Waals surface area contributed by atoms with Crippen LogP contribution in [-0.2, 0) is 16.1 Å². The maximum Gasteiger partial charge on any atom is 0.399 e. The third kappa shape index (κ3) is 9.26. The summed E-state index contributed by atoms with van der Waals surface area (Å²) >= 11 is 1.63. The highest BCUT2D eigenvalue weighted by Gasteiger charge is 2.65. The molecule has 0 radical (unpaired) electrons. The number of hydrogen-bond acceptors (Lipinski definition) is 9. The Morgan fingerprint density at radius 1 is 1.25 bits per heavy atom. The maximum absolute atomic E-state index is 12.9. The molecule has 0 spiro atoms. The molecule has 1 saturated heterocycles. The SMILES string of the molecule is CC.CC(C)(C)C(C=O)N(N)/C=C(\N)C1(C(F)(F)F)CC1.Cc1ncsc1-c1ccc(CNC(=O)[C@@H]2C[C@@H](O)CN2C)cc1. The van der Waals surface area contributed by atoms with Crippen molar-refractivity contribution in [2.75, 3.05) is 13.6 Å². The molecule has 9 nitrogen and oxygen atoms in total. The second-order valence-electron chi connectivity index (χ2n) is 12.1. The Hall–Kier alpha value is -3.00. The van der Waals surface area contributed by atoms with Crippen molar-refractivity contribution in [2.24, 2.45) is 22.4 Å². The summed E-state index contributed by atoms with van der Waals surface area (Å²) in [5.41, 5.74) is 7.85. The van der Waals surface area contributed by atoms with E-state index in [1.54, 1.807) is 32.1 Å². The molecule has 246 valence electrons. The lowest BCUT2D eigenvalue weighted by molar-refractivity contribution is -0.175. The molecule has 1 aromatic carbocycles. The van der Waals surface area contributed by atoms with Crippen molar-refractivity contribution in [3.8, 4) is 10.4 Å². The fourth-order valence-electron chi connectivity index (χ4n) is 4.89. The number of aromatic nitrogens is 1. The number of carbonyl (C=O) groups is 2. The molecule has 2 heterocycles. The van der Waals surface area contributed by atoms with Gasteiger partial charge in [0, 0.05) is 25.0 Å². The highest BCUT2D eigenvalue weighted by Crippen LogP contribution is 2.60. The molecular weight excluding hydrogens is 593 g/mol. The van der Waals surface area contributed by atoms with Gasteiger partial charge in [0.05, 0.1) is 28.2 Å². The Bertz CT molecular complexity index is 1260. The number of hydrogen-bond donors (Lipinski definition) is 4. The van der Waals surface area contributed by atoms with E-state index >= 15 is 0 Å². The van der Waals surface area contributed by atoms with Crippen LogP contribution < -0.4 is 16.9 Å². The van der Waals surface area contributed by atoms with Gasteiger partial charge in [0.2, 0.25) is 5.91 Å². The minimum absolute atomic E-state index is 0.0218. The van der Waals surface area contributed by atoms with Crippen LogP contribution in [0.4, 0.5) is 13.2 Å². The van der Waals surface area contributed by atoms with Crippen LogP contribution >= 0.6 is 11.3 Å². The molecule has 2 fully saturated rings. The number of nitrogens with two attached hydrogens (primary N) is 2. The first kappa shape index (κ1) is 37.2. The standard InChI is InChI=1S/C17H21N3O2S.C12H20F3N3O.C2H6/c1-11-16(23-10-19-11)13-5-3-12(4-6-13)8-18-17(22)15-7-14(21)9-20(15)2;1-10(2,3)9(7-19)18(17)6-8(16)11(4-5-11)12(13,14)15;1-2/h3-6,10,14-15,21H,7-9H2,1-2H3,(H,18,22);6-7,9H,4-5,16-17H2,1-3H3;1-2H3/b;8-6-;/t14-,15+;;/m1../s1. The number of aryl methyl sites for hydroxylation is 1. The van der Waals surface area contributed by atoms with Crippen molar-refractivity contribution in [2.45, 2.75) is 91.7 Å². The number of likely N-dealkylation sites (tertiary alicyclic amines) is 1. The van der Waals surface area contributed by atoms with Gasteiger partial charge in [-0.3, -0.25) is 9.69 Å². The number of β-amino-alcohol motifs (C(OH)–C–C–N with tert-alkyl or cyclic N) is 1. The van der Waals surface area contributed by atoms with Crippen molar-refractivity contribution < 1.29 is 27.9 Å². The molecule has 3 atom stereocenters. The summed E-state index contributed by atoms with van der Waals surface area (Å²) in [5, 5.41) is 13.5. The summed E-state index contributed by atoms with van der Waals surface area (Å²) in [5.74, 6) is 5.64. The molecule has 1 saturated carbocycles. The topological polar surface area (TPSA) is 138 Å². The van der Waals surface area contributed by atoms with Gasteiger partial charge in [0.1, 0.15) is 17.7 Å². The first-order chi connectivity index (χ1) is 20.5. The number of nitrogens with zero attached hydrogens (tertiary/aromatic N) is 3. The fourth-order valence-corrected chi connectivity index (χ4v) is 5.70. The number of aldehydes is 1. The largest absolute Gasteiger partial charge is 0.400 e. The predicted octanol–water partition coefficient (Wildman–Crippen LogP) is 4.74. The van der Waals surface area contributed by atoms with E-state index in [0.717, 1.165) is 28.0 Å². The normalized spacial score (nSPS) is 20.4. The van der Waals surface area contributed by atoms with Gasteiger partial charge in [-0.2, -0.15) is 13.2 Å². The number of carbonyl (C=O) groups excluding carboxylic acids is 2. The molecule has 6 N–H and O–H groups in total. The number of hydrazine groups is 1. The number of halogens is 3. The van der Waals surface area contributed by atoms with Gasteiger partial charge in [-0.15, -0.1) is 11.3 Å². The highest BCUT2D eigenvalue weighted by atomic mass is 32.1. The van der Waals surface area contributed by atoms with Crippen molar-refractivity contribution in [1.29, 1.82) is 0 Å². The summed E-state index contributed by atoms with van der Waals surface area (Å²) in [6.07, 6.45) is -2.71. The highest BCUT2D eigenvalue weighted by molar-refractivity contribution is 7.13. The number of allylic oxidation sites excluding steroid dienone is 1. The summed E-state index contributed by atoms with van der Waals surface area (Å²) in [6, 6.07) is 7.21. The van der Waals surface area contributed by atoms with Gasteiger partial charge in [-0.1, -0.05) is 58.9 Å². The van der Waals surface area contributed by atoms with Crippen LogP contribution in [0, 0.1) is 17.8 Å². The Morgan fingerprint density at radius 2 is 1.84 bits per heavy atom. The van der Waals surface area contributed by atoms with E-state index in [1.165, 1.54) is 4.88 Å². The lowest BCUT2D eigenvalue weighted by Crippen LogP contribution is -2.47. The Morgan fingerprint density at radius 3 is 2.25 bits per heavy atom. The fraction of sp³-hybridized carbons (Fsp3) is 0.581. The second kappa shape index (κ2) is 15.3. The zero-order valence-electron chi connectivity index (χ0n) is 26.6. The number of amides is 1. The van der Waals surface area contributed by atoms with E-state index in [9.17, 15) is 27.9 Å². The van der Waals surface area contributed by atoms with Crippen LogP contribution in [0.15, 0.2) is 41.7 Å². The molecule has 2 aromatic rings. The number of rotatable bonds is 8. The Kier molecular flexibility index (Phi) is 13.0. The van der Waals surface area contributed by atoms with Crippen LogP contribution in [0.1, 0.15) is 65.1 Å². The molecule has 1 amide bonds. The summed E-state index contributed by atoms with van der Waals surface area (Å²) in [4.78, 5) is 30.6. The number of likely N-dealkylation sites (N-methyl/N-ethyl adjacent to an activating group) is 1. The average Bonchev–Trinajstić information content (AvgIpc) is 3.57. The van der Waals surface area contributed by atoms with Crippen molar-refractivity contribution >= 4 is 23.5 Å².